The van der Waals surface area contributed by atoms with Gasteiger partial charge in [0.25, 0.3) is 11.8 Å². The Labute approximate surface area is 254 Å². The van der Waals surface area contributed by atoms with Crippen LogP contribution in [0.5, 0.6) is 0 Å². The van der Waals surface area contributed by atoms with E-state index in [2.05, 4.69) is 33.7 Å². The first kappa shape index (κ1) is 28.4. The largest absolute Gasteiger partial charge is 0.354 e. The average molecular weight is 571 g/mol. The number of amides is 2. The second kappa shape index (κ2) is 12.7. The smallest absolute Gasteiger partial charge is 0.258 e. The number of rotatable bonds is 8. The molecule has 1 atom stereocenters. The number of anilines is 2. The number of carbonyl (C=O) groups excluding carboxylic acids is 2. The maximum absolute atomic E-state index is 13.7. The highest BCUT2D eigenvalue weighted by Gasteiger charge is 2.30. The molecule has 0 aliphatic carbocycles. The van der Waals surface area contributed by atoms with Crippen LogP contribution in [0.15, 0.2) is 103 Å². The molecule has 2 aliphatic heterocycles. The molecule has 6 rings (SSSR count). The summed E-state index contributed by atoms with van der Waals surface area (Å²) in [7, 11) is 1.82. The summed E-state index contributed by atoms with van der Waals surface area (Å²) in [6.07, 6.45) is 3.82. The van der Waals surface area contributed by atoms with Gasteiger partial charge in [-0.05, 0) is 79.9 Å². The molecule has 0 bridgehead atoms. The van der Waals surface area contributed by atoms with Crippen molar-refractivity contribution in [2.75, 3.05) is 30.8 Å². The second-order valence-electron chi connectivity index (χ2n) is 11.5. The number of nitrogens with zero attached hydrogens (tertiary/aromatic N) is 2. The molecule has 6 nitrogen and oxygen atoms in total. The van der Waals surface area contributed by atoms with Crippen LogP contribution >= 0.6 is 0 Å². The van der Waals surface area contributed by atoms with E-state index in [0.717, 1.165) is 36.4 Å². The molecule has 0 radical (unpaired) electrons. The van der Waals surface area contributed by atoms with E-state index in [1.54, 1.807) is 11.0 Å². The van der Waals surface area contributed by atoms with E-state index in [0.29, 0.717) is 28.1 Å². The van der Waals surface area contributed by atoms with Gasteiger partial charge in [0.15, 0.2) is 0 Å². The van der Waals surface area contributed by atoms with Gasteiger partial charge in [0.05, 0.1) is 17.3 Å². The number of hydrogen-bond acceptors (Lipinski definition) is 4. The Kier molecular flexibility index (Phi) is 8.38. The van der Waals surface area contributed by atoms with Crippen molar-refractivity contribution in [3.63, 3.8) is 0 Å². The predicted octanol–water partition coefficient (Wildman–Crippen LogP) is 7.44. The van der Waals surface area contributed by atoms with Crippen LogP contribution in [0.25, 0.3) is 11.3 Å². The van der Waals surface area contributed by atoms with Crippen molar-refractivity contribution < 1.29 is 9.59 Å². The number of hydrogen-bond donors (Lipinski definition) is 2. The molecule has 0 unspecified atom stereocenters. The van der Waals surface area contributed by atoms with Crippen molar-refractivity contribution in [2.24, 2.45) is 0 Å². The zero-order chi connectivity index (χ0) is 29.8. The first-order valence-corrected chi connectivity index (χ1v) is 15.1. The molecule has 4 aromatic rings. The van der Waals surface area contributed by atoms with Crippen LogP contribution in [0.1, 0.15) is 64.8 Å². The van der Waals surface area contributed by atoms with Crippen LogP contribution in [0.2, 0.25) is 0 Å². The van der Waals surface area contributed by atoms with Crippen molar-refractivity contribution in [2.45, 2.75) is 38.8 Å². The van der Waals surface area contributed by atoms with Crippen LogP contribution in [0.3, 0.4) is 0 Å². The quantitative estimate of drug-likeness (QED) is 0.216. The SMILES string of the molecule is C[C@H](c1ccccc1)N(C)C(=O)c1ccc2c(c1)/C(=C(/Nc1cccc(CN3CCCCC3)c1)c1ccccc1)C(=O)N2. The molecule has 0 spiro atoms. The number of fused-ring (bicyclic) bond motifs is 1. The highest BCUT2D eigenvalue weighted by atomic mass is 16.2. The Morgan fingerprint density at radius 1 is 0.860 bits per heavy atom. The molecule has 0 aromatic heterocycles. The molecule has 218 valence electrons. The van der Waals surface area contributed by atoms with Crippen LogP contribution in [0, 0.1) is 0 Å². The molecule has 2 N–H and O–H groups in total. The summed E-state index contributed by atoms with van der Waals surface area (Å²) in [5, 5.41) is 6.63. The van der Waals surface area contributed by atoms with Crippen molar-refractivity contribution >= 4 is 34.5 Å². The fraction of sp³-hybridized carbons (Fsp3) is 0.243. The summed E-state index contributed by atoms with van der Waals surface area (Å²) in [5.41, 5.74) is 7.31. The van der Waals surface area contributed by atoms with Crippen LogP contribution in [-0.2, 0) is 11.3 Å². The summed E-state index contributed by atoms with van der Waals surface area (Å²) in [4.78, 5) is 31.5. The zero-order valence-electron chi connectivity index (χ0n) is 24.8. The maximum atomic E-state index is 13.7. The lowest BCUT2D eigenvalue weighted by Gasteiger charge is -2.26. The highest BCUT2D eigenvalue weighted by molar-refractivity contribution is 6.37. The van der Waals surface area contributed by atoms with E-state index < -0.39 is 0 Å². The molecule has 0 saturated carbocycles. The Hall–Kier alpha value is -4.68. The van der Waals surface area contributed by atoms with Gasteiger partial charge < -0.3 is 15.5 Å². The Bertz CT molecular complexity index is 1640. The highest BCUT2D eigenvalue weighted by Crippen LogP contribution is 2.38. The van der Waals surface area contributed by atoms with Crippen molar-refractivity contribution in [1.29, 1.82) is 0 Å². The monoisotopic (exact) mass is 570 g/mol. The van der Waals surface area contributed by atoms with Gasteiger partial charge in [0.2, 0.25) is 0 Å². The molecule has 2 aliphatic rings. The van der Waals surface area contributed by atoms with Crippen molar-refractivity contribution in [3.05, 3.63) is 131 Å². The molecule has 4 aromatic carbocycles. The average Bonchev–Trinajstić information content (AvgIpc) is 3.38. The third-order valence-electron chi connectivity index (χ3n) is 8.56. The first-order chi connectivity index (χ1) is 21.0. The molecule has 2 amide bonds. The lowest BCUT2D eigenvalue weighted by atomic mass is 9.97. The third kappa shape index (κ3) is 6.25. The number of benzene rings is 4. The molecule has 43 heavy (non-hydrogen) atoms. The summed E-state index contributed by atoms with van der Waals surface area (Å²) in [6.45, 7) is 5.20. The maximum Gasteiger partial charge on any atom is 0.258 e. The van der Waals surface area contributed by atoms with Gasteiger partial charge in [-0.15, -0.1) is 0 Å². The van der Waals surface area contributed by atoms with Crippen LogP contribution < -0.4 is 10.6 Å². The normalized spacial score (nSPS) is 16.7. The number of carbonyl (C=O) groups is 2. The minimum absolute atomic E-state index is 0.0995. The van der Waals surface area contributed by atoms with E-state index in [-0.39, 0.29) is 17.9 Å². The van der Waals surface area contributed by atoms with Gasteiger partial charge in [-0.25, -0.2) is 0 Å². The van der Waals surface area contributed by atoms with Crippen molar-refractivity contribution in [1.82, 2.24) is 9.80 Å². The Balaban J connectivity index is 1.35. The number of likely N-dealkylation sites (tertiary alicyclic amines) is 1. The van der Waals surface area contributed by atoms with Gasteiger partial charge >= 0.3 is 0 Å². The molecule has 2 heterocycles. The first-order valence-electron chi connectivity index (χ1n) is 15.1. The zero-order valence-corrected chi connectivity index (χ0v) is 24.8. The Morgan fingerprint density at radius 2 is 1.58 bits per heavy atom. The summed E-state index contributed by atoms with van der Waals surface area (Å²) in [5.74, 6) is -0.293. The lowest BCUT2D eigenvalue weighted by Crippen LogP contribution is -2.29. The lowest BCUT2D eigenvalue weighted by molar-refractivity contribution is -0.110. The van der Waals surface area contributed by atoms with E-state index >= 15 is 0 Å². The Morgan fingerprint density at radius 3 is 2.33 bits per heavy atom. The molecule has 1 fully saturated rings. The van der Waals surface area contributed by atoms with Gasteiger partial charge in [0, 0.05) is 36.1 Å². The van der Waals surface area contributed by atoms with E-state index in [4.69, 9.17) is 0 Å². The minimum atomic E-state index is -0.193. The molecule has 6 heteroatoms. The van der Waals surface area contributed by atoms with Gasteiger partial charge in [0.1, 0.15) is 0 Å². The third-order valence-corrected chi connectivity index (χ3v) is 8.56. The minimum Gasteiger partial charge on any atom is -0.354 e. The standard InChI is InChI=1S/C37H38N4O2/c1-26(28-14-6-3-7-15-28)40(2)37(43)30-19-20-33-32(24-30)34(36(42)39-33)35(29-16-8-4-9-17-29)38-31-18-12-13-27(23-31)25-41-21-10-5-11-22-41/h3-4,6-9,12-20,23-24,26,38H,5,10-11,21-22,25H2,1-2H3,(H,39,42)/b35-34-/t26-/m1/s1. The van der Waals surface area contributed by atoms with E-state index in [1.165, 1.54) is 24.8 Å². The summed E-state index contributed by atoms with van der Waals surface area (Å²) in [6, 6.07) is 33.7. The fourth-order valence-electron chi connectivity index (χ4n) is 6.03. The molecular formula is C37H38N4O2. The van der Waals surface area contributed by atoms with Gasteiger partial charge in [-0.2, -0.15) is 0 Å². The number of nitrogens with one attached hydrogen (secondary N) is 2. The van der Waals surface area contributed by atoms with Crippen LogP contribution in [-0.4, -0.2) is 41.8 Å². The second-order valence-corrected chi connectivity index (χ2v) is 11.5. The van der Waals surface area contributed by atoms with Gasteiger partial charge in [-0.1, -0.05) is 79.2 Å². The van der Waals surface area contributed by atoms with Crippen molar-refractivity contribution in [3.8, 4) is 0 Å². The molecular weight excluding hydrogens is 532 g/mol. The molecule has 1 saturated heterocycles. The topological polar surface area (TPSA) is 64.7 Å². The van der Waals surface area contributed by atoms with Crippen LogP contribution in [0.4, 0.5) is 11.4 Å². The summed E-state index contributed by atoms with van der Waals surface area (Å²) < 4.78 is 0. The summed E-state index contributed by atoms with van der Waals surface area (Å²) >= 11 is 0. The number of piperidine rings is 1. The fourth-order valence-corrected chi connectivity index (χ4v) is 6.03. The van der Waals surface area contributed by atoms with E-state index in [1.807, 2.05) is 92.8 Å². The predicted molar refractivity (Wildman–Crippen MR) is 174 cm³/mol. The van der Waals surface area contributed by atoms with Gasteiger partial charge in [-0.3, -0.25) is 14.5 Å². The van der Waals surface area contributed by atoms with E-state index in [9.17, 15) is 9.59 Å².